The van der Waals surface area contributed by atoms with Crippen molar-refractivity contribution in [1.29, 1.82) is 0 Å². The van der Waals surface area contributed by atoms with E-state index in [9.17, 15) is 8.78 Å². The third-order valence-corrected chi connectivity index (χ3v) is 1.53. The van der Waals surface area contributed by atoms with Crippen LogP contribution in [0.3, 0.4) is 0 Å². The monoisotopic (exact) mass is 176 g/mol. The average Bonchev–Trinajstić information content (AvgIpc) is 2.36. The van der Waals surface area contributed by atoms with Gasteiger partial charge in [0.1, 0.15) is 5.76 Å². The highest BCUT2D eigenvalue weighted by molar-refractivity contribution is 5.10. The van der Waals surface area contributed by atoms with Crippen molar-refractivity contribution in [1.82, 2.24) is 0 Å². The van der Waals surface area contributed by atoms with Crippen LogP contribution in [0.25, 0.3) is 0 Å². The summed E-state index contributed by atoms with van der Waals surface area (Å²) in [6, 6.07) is 2.70. The zero-order valence-electron chi connectivity index (χ0n) is 6.68. The first-order valence-electron chi connectivity index (χ1n) is 3.62. The average molecular weight is 176 g/mol. The van der Waals surface area contributed by atoms with Crippen LogP contribution in [0.15, 0.2) is 16.5 Å². The van der Waals surface area contributed by atoms with E-state index in [1.807, 2.05) is 0 Å². The Bertz CT molecular complexity index is 255. The summed E-state index contributed by atoms with van der Waals surface area (Å²) in [7, 11) is 0. The number of aliphatic hydroxyl groups is 1. The second-order valence-electron chi connectivity index (χ2n) is 2.59. The maximum atomic E-state index is 12.9. The van der Waals surface area contributed by atoms with E-state index < -0.39 is 19.0 Å². The molecule has 0 fully saturated rings. The minimum Gasteiger partial charge on any atom is -0.460 e. The second kappa shape index (κ2) is 3.23. The summed E-state index contributed by atoms with van der Waals surface area (Å²) in [5.74, 6) is -2.99. The molecule has 1 heterocycles. The molecule has 1 N–H and O–H groups in total. The molecule has 0 saturated carbocycles. The molecule has 0 spiro atoms. The number of furan rings is 1. The molecular formula is C8H10F2O2. The molecule has 2 nitrogen and oxygen atoms in total. The van der Waals surface area contributed by atoms with E-state index in [2.05, 4.69) is 0 Å². The molecule has 0 bridgehead atoms. The fraction of sp³-hybridized carbons (Fsp3) is 0.500. The van der Waals surface area contributed by atoms with Crippen molar-refractivity contribution in [3.63, 3.8) is 0 Å². The lowest BCUT2D eigenvalue weighted by Crippen LogP contribution is -2.13. The van der Waals surface area contributed by atoms with Crippen LogP contribution in [0.2, 0.25) is 0 Å². The van der Waals surface area contributed by atoms with E-state index >= 15 is 0 Å². The number of hydrogen-bond acceptors (Lipinski definition) is 2. The van der Waals surface area contributed by atoms with Crippen molar-refractivity contribution in [3.8, 4) is 0 Å². The molecule has 1 aromatic rings. The molecular weight excluding hydrogens is 166 g/mol. The molecule has 68 valence electrons. The maximum absolute atomic E-state index is 12.9. The molecule has 0 aliphatic heterocycles. The lowest BCUT2D eigenvalue weighted by Gasteiger charge is -2.10. The molecule has 4 heteroatoms. The minimum absolute atomic E-state index is 0.381. The van der Waals surface area contributed by atoms with Crippen LogP contribution in [-0.2, 0) is 5.92 Å². The Balaban J connectivity index is 2.81. The Morgan fingerprint density at radius 2 is 2.17 bits per heavy atom. The van der Waals surface area contributed by atoms with Gasteiger partial charge >= 0.3 is 5.92 Å². The summed E-state index contributed by atoms with van der Waals surface area (Å²) in [5, 5.41) is 8.35. The van der Waals surface area contributed by atoms with Crippen molar-refractivity contribution in [2.75, 3.05) is 6.61 Å². The summed E-state index contributed by atoms with van der Waals surface area (Å²) in [4.78, 5) is 0. The number of halogens is 2. The standard InChI is InChI=1S/C8H10F2O2/c1-6-2-3-7(12-6)8(9,10)4-5-11/h2-3,11H,4-5H2,1H3. The van der Waals surface area contributed by atoms with Crippen LogP contribution >= 0.6 is 0 Å². The predicted octanol–water partition coefficient (Wildman–Crippen LogP) is 2.06. The highest BCUT2D eigenvalue weighted by Crippen LogP contribution is 2.32. The van der Waals surface area contributed by atoms with E-state index in [1.165, 1.54) is 12.1 Å². The second-order valence-corrected chi connectivity index (χ2v) is 2.59. The van der Waals surface area contributed by atoms with Gasteiger partial charge in [0, 0.05) is 13.0 Å². The fourth-order valence-electron chi connectivity index (χ4n) is 0.895. The third-order valence-electron chi connectivity index (χ3n) is 1.53. The van der Waals surface area contributed by atoms with E-state index in [-0.39, 0.29) is 5.76 Å². The van der Waals surface area contributed by atoms with Gasteiger partial charge in [0.2, 0.25) is 0 Å². The van der Waals surface area contributed by atoms with Crippen LogP contribution in [0.1, 0.15) is 17.9 Å². The zero-order valence-corrected chi connectivity index (χ0v) is 6.68. The summed E-state index contributed by atoms with van der Waals surface area (Å²) in [6.45, 7) is 1.05. The summed E-state index contributed by atoms with van der Waals surface area (Å²) < 4.78 is 30.6. The molecule has 1 aromatic heterocycles. The molecule has 0 amide bonds. The van der Waals surface area contributed by atoms with Crippen molar-refractivity contribution >= 4 is 0 Å². The predicted molar refractivity (Wildman–Crippen MR) is 39.0 cm³/mol. The van der Waals surface area contributed by atoms with E-state index in [4.69, 9.17) is 9.52 Å². The number of rotatable bonds is 3. The van der Waals surface area contributed by atoms with Gasteiger partial charge in [-0.25, -0.2) is 0 Å². The Morgan fingerprint density at radius 3 is 2.58 bits per heavy atom. The molecule has 12 heavy (non-hydrogen) atoms. The lowest BCUT2D eigenvalue weighted by atomic mass is 10.2. The molecule has 0 aliphatic rings. The summed E-state index contributed by atoms with van der Waals surface area (Å²) in [6.07, 6.45) is -0.597. The van der Waals surface area contributed by atoms with Gasteiger partial charge in [-0.15, -0.1) is 0 Å². The SMILES string of the molecule is Cc1ccc(C(F)(F)CCO)o1. The topological polar surface area (TPSA) is 33.4 Å². The van der Waals surface area contributed by atoms with Gasteiger partial charge in [0.05, 0.1) is 0 Å². The third kappa shape index (κ3) is 1.82. The van der Waals surface area contributed by atoms with Crippen LogP contribution in [-0.4, -0.2) is 11.7 Å². The smallest absolute Gasteiger partial charge is 0.306 e. The van der Waals surface area contributed by atoms with Gasteiger partial charge in [-0.2, -0.15) is 8.78 Å². The largest absolute Gasteiger partial charge is 0.460 e. The van der Waals surface area contributed by atoms with Crippen molar-refractivity contribution < 1.29 is 18.3 Å². The van der Waals surface area contributed by atoms with E-state index in [0.717, 1.165) is 0 Å². The van der Waals surface area contributed by atoms with Crippen LogP contribution in [0.4, 0.5) is 8.78 Å². The minimum atomic E-state index is -3.05. The van der Waals surface area contributed by atoms with Gasteiger partial charge in [-0.1, -0.05) is 0 Å². The quantitative estimate of drug-likeness (QED) is 0.764. The van der Waals surface area contributed by atoms with E-state index in [0.29, 0.717) is 5.76 Å². The lowest BCUT2D eigenvalue weighted by molar-refractivity contribution is -0.0465. The molecule has 0 unspecified atom stereocenters. The summed E-state index contributed by atoms with van der Waals surface area (Å²) >= 11 is 0. The van der Waals surface area contributed by atoms with Gasteiger partial charge < -0.3 is 9.52 Å². The Kier molecular flexibility index (Phi) is 2.47. The molecule has 0 atom stereocenters. The number of aliphatic hydroxyl groups excluding tert-OH is 1. The number of aryl methyl sites for hydroxylation is 1. The van der Waals surface area contributed by atoms with Crippen molar-refractivity contribution in [3.05, 3.63) is 23.7 Å². The number of alkyl halides is 2. The maximum Gasteiger partial charge on any atom is 0.306 e. The van der Waals surface area contributed by atoms with Crippen molar-refractivity contribution in [2.45, 2.75) is 19.3 Å². The molecule has 0 radical (unpaired) electrons. The first-order valence-corrected chi connectivity index (χ1v) is 3.62. The van der Waals surface area contributed by atoms with Crippen molar-refractivity contribution in [2.24, 2.45) is 0 Å². The first kappa shape index (κ1) is 9.19. The number of hydrogen-bond donors (Lipinski definition) is 1. The van der Waals surface area contributed by atoms with Crippen LogP contribution in [0.5, 0.6) is 0 Å². The van der Waals surface area contributed by atoms with E-state index in [1.54, 1.807) is 6.92 Å². The van der Waals surface area contributed by atoms with Crippen LogP contribution < -0.4 is 0 Å². The Morgan fingerprint density at radius 1 is 1.50 bits per heavy atom. The Labute approximate surface area is 68.8 Å². The first-order chi connectivity index (χ1) is 5.56. The molecule has 1 rings (SSSR count). The summed E-state index contributed by atoms with van der Waals surface area (Å²) in [5.41, 5.74) is 0. The molecule has 0 aromatic carbocycles. The molecule has 0 saturated heterocycles. The van der Waals surface area contributed by atoms with Gasteiger partial charge in [0.15, 0.2) is 5.76 Å². The highest BCUT2D eigenvalue weighted by atomic mass is 19.3. The Hall–Kier alpha value is -0.900. The fourth-order valence-corrected chi connectivity index (χ4v) is 0.895. The van der Waals surface area contributed by atoms with Crippen LogP contribution in [0, 0.1) is 6.92 Å². The zero-order chi connectivity index (χ0) is 9.19. The highest BCUT2D eigenvalue weighted by Gasteiger charge is 2.34. The molecule has 0 aliphatic carbocycles. The van der Waals surface area contributed by atoms with Gasteiger partial charge in [-0.3, -0.25) is 0 Å². The van der Waals surface area contributed by atoms with Gasteiger partial charge in [-0.05, 0) is 19.1 Å². The van der Waals surface area contributed by atoms with Gasteiger partial charge in [0.25, 0.3) is 0 Å². The normalized spacial score (nSPS) is 12.0.